The van der Waals surface area contributed by atoms with E-state index in [4.69, 9.17) is 0 Å². The van der Waals surface area contributed by atoms with Crippen molar-refractivity contribution < 1.29 is 4.92 Å². The zero-order valence-corrected chi connectivity index (χ0v) is 13.5. The second kappa shape index (κ2) is 6.56. The van der Waals surface area contributed by atoms with Crippen molar-refractivity contribution in [1.82, 2.24) is 19.9 Å². The van der Waals surface area contributed by atoms with Crippen molar-refractivity contribution in [1.29, 1.82) is 0 Å². The van der Waals surface area contributed by atoms with Gasteiger partial charge in [-0.1, -0.05) is 30.3 Å². The van der Waals surface area contributed by atoms with E-state index >= 15 is 0 Å². The van der Waals surface area contributed by atoms with Gasteiger partial charge in [-0.05, 0) is 18.2 Å². The molecule has 0 amide bonds. The minimum Gasteiger partial charge on any atom is -0.338 e. The van der Waals surface area contributed by atoms with Crippen LogP contribution < -0.4 is 0 Å². The molecule has 2 aromatic carbocycles. The summed E-state index contributed by atoms with van der Waals surface area (Å²) in [7, 11) is 0. The zero-order chi connectivity index (χ0) is 17.9. The largest absolute Gasteiger partial charge is 0.338 e. The summed E-state index contributed by atoms with van der Waals surface area (Å²) in [6.07, 6.45) is 7.09. The van der Waals surface area contributed by atoms with Gasteiger partial charge in [0.2, 0.25) is 0 Å². The Morgan fingerprint density at radius 2 is 1.77 bits per heavy atom. The van der Waals surface area contributed by atoms with Crippen molar-refractivity contribution in [3.63, 3.8) is 0 Å². The van der Waals surface area contributed by atoms with Gasteiger partial charge in [-0.15, -0.1) is 0 Å². The van der Waals surface area contributed by atoms with Crippen molar-refractivity contribution in [2.45, 2.75) is 0 Å². The maximum Gasteiger partial charge on any atom is 0.271 e. The quantitative estimate of drug-likeness (QED) is 0.444. The minimum atomic E-state index is -0.429. The maximum atomic E-state index is 10.8. The van der Waals surface area contributed by atoms with Crippen molar-refractivity contribution in [2.24, 2.45) is 0 Å². The number of aromatic nitrogens is 4. The lowest BCUT2D eigenvalue weighted by atomic mass is 10.2. The number of non-ortho nitro benzene ring substituents is 1. The summed E-state index contributed by atoms with van der Waals surface area (Å²) >= 11 is 0. The highest BCUT2D eigenvalue weighted by atomic mass is 16.6. The van der Waals surface area contributed by atoms with Gasteiger partial charge in [0.05, 0.1) is 16.0 Å². The normalized spacial score (nSPS) is 11.2. The molecule has 7 heteroatoms. The number of nitro benzene ring substituents is 1. The number of fused-ring (bicyclic) bond motifs is 1. The van der Waals surface area contributed by atoms with E-state index in [1.165, 1.54) is 12.1 Å². The van der Waals surface area contributed by atoms with Crippen LogP contribution in [0, 0.1) is 10.1 Å². The van der Waals surface area contributed by atoms with Crippen molar-refractivity contribution in [3.05, 3.63) is 82.4 Å². The maximum absolute atomic E-state index is 10.8. The Kier molecular flexibility index (Phi) is 3.95. The second-order valence-corrected chi connectivity index (χ2v) is 5.62. The fraction of sp³-hybridized carbons (Fsp3) is 0. The lowest BCUT2D eigenvalue weighted by molar-refractivity contribution is -0.384. The van der Waals surface area contributed by atoms with Crippen LogP contribution in [0.15, 0.2) is 60.9 Å². The van der Waals surface area contributed by atoms with Gasteiger partial charge >= 0.3 is 0 Å². The molecule has 7 nitrogen and oxygen atoms in total. The van der Waals surface area contributed by atoms with Crippen molar-refractivity contribution >= 4 is 28.9 Å². The first-order chi connectivity index (χ1) is 12.7. The molecule has 0 saturated heterocycles. The molecule has 0 saturated carbocycles. The Hall–Kier alpha value is -3.87. The number of imidazole rings is 1. The van der Waals surface area contributed by atoms with Crippen molar-refractivity contribution in [3.8, 4) is 11.4 Å². The topological polar surface area (TPSA) is 97.6 Å². The van der Waals surface area contributed by atoms with Gasteiger partial charge in [0, 0.05) is 35.7 Å². The highest BCUT2D eigenvalue weighted by molar-refractivity contribution is 5.80. The molecule has 126 valence electrons. The number of hydrogen-bond donors (Lipinski definition) is 1. The van der Waals surface area contributed by atoms with Gasteiger partial charge in [-0.25, -0.2) is 15.0 Å². The van der Waals surface area contributed by atoms with Crippen LogP contribution in [0.4, 0.5) is 5.69 Å². The average molecular weight is 343 g/mol. The van der Waals surface area contributed by atoms with Gasteiger partial charge in [0.1, 0.15) is 5.82 Å². The Bertz CT molecular complexity index is 1100. The van der Waals surface area contributed by atoms with Gasteiger partial charge in [-0.3, -0.25) is 10.1 Å². The van der Waals surface area contributed by atoms with Gasteiger partial charge in [0.25, 0.3) is 5.69 Å². The number of nitro groups is 1. The number of H-pyrrole nitrogens is 1. The summed E-state index contributed by atoms with van der Waals surface area (Å²) in [6, 6.07) is 14.3. The highest BCUT2D eigenvalue weighted by Crippen LogP contribution is 2.20. The van der Waals surface area contributed by atoms with Crippen LogP contribution in [0.3, 0.4) is 0 Å². The molecule has 0 aliphatic heterocycles. The average Bonchev–Trinajstić information content (AvgIpc) is 3.09. The Balaban J connectivity index is 1.56. The Morgan fingerprint density at radius 3 is 2.50 bits per heavy atom. The van der Waals surface area contributed by atoms with E-state index in [9.17, 15) is 10.1 Å². The zero-order valence-electron chi connectivity index (χ0n) is 13.5. The second-order valence-electron chi connectivity index (χ2n) is 5.62. The molecule has 26 heavy (non-hydrogen) atoms. The molecule has 0 unspecified atom stereocenters. The third-order valence-electron chi connectivity index (χ3n) is 3.83. The number of rotatable bonds is 4. The van der Waals surface area contributed by atoms with Crippen LogP contribution >= 0.6 is 0 Å². The summed E-state index contributed by atoms with van der Waals surface area (Å²) in [5.41, 5.74) is 3.11. The number of hydrogen-bond acceptors (Lipinski definition) is 5. The third kappa shape index (κ3) is 3.18. The molecule has 4 aromatic rings. The van der Waals surface area contributed by atoms with E-state index in [2.05, 4.69) is 19.9 Å². The first-order valence-electron chi connectivity index (χ1n) is 7.89. The lowest BCUT2D eigenvalue weighted by Gasteiger charge is -1.99. The van der Waals surface area contributed by atoms with E-state index < -0.39 is 4.92 Å². The number of nitrogens with one attached hydrogen (secondary N) is 1. The van der Waals surface area contributed by atoms with Crippen LogP contribution in [-0.2, 0) is 0 Å². The molecule has 0 atom stereocenters. The summed E-state index contributed by atoms with van der Waals surface area (Å²) in [5.74, 6) is 1.27. The molecule has 0 bridgehead atoms. The third-order valence-corrected chi connectivity index (χ3v) is 3.83. The minimum absolute atomic E-state index is 0.0292. The molecule has 4 rings (SSSR count). The summed E-state index contributed by atoms with van der Waals surface area (Å²) in [4.78, 5) is 26.6. The molecule has 0 spiro atoms. The summed E-state index contributed by atoms with van der Waals surface area (Å²) in [6.45, 7) is 0. The van der Waals surface area contributed by atoms with Gasteiger partial charge in [0.15, 0.2) is 5.82 Å². The van der Waals surface area contributed by atoms with E-state index in [0.29, 0.717) is 22.7 Å². The predicted octanol–water partition coefficient (Wildman–Crippen LogP) is 4.10. The molecule has 2 aromatic heterocycles. The molecule has 0 radical (unpaired) electrons. The summed E-state index contributed by atoms with van der Waals surface area (Å²) < 4.78 is 0. The predicted molar refractivity (Wildman–Crippen MR) is 99.1 cm³/mol. The molecule has 2 heterocycles. The van der Waals surface area contributed by atoms with Crippen LogP contribution in [0.2, 0.25) is 0 Å². The Morgan fingerprint density at radius 1 is 1.00 bits per heavy atom. The van der Waals surface area contributed by atoms with Crippen LogP contribution in [-0.4, -0.2) is 24.9 Å². The SMILES string of the molecule is O=[N+]([O-])c1ccc2nc(C=Cc3cnc(-c4ccccc4)nc3)[nH]c2c1. The van der Waals surface area contributed by atoms with Gasteiger partial charge < -0.3 is 4.98 Å². The number of nitrogens with zero attached hydrogens (tertiary/aromatic N) is 4. The first-order valence-corrected chi connectivity index (χ1v) is 7.89. The number of aromatic amines is 1. The first kappa shape index (κ1) is 15.6. The molecule has 0 aliphatic carbocycles. The Labute approximate surface area is 148 Å². The molecule has 1 N–H and O–H groups in total. The van der Waals surface area contributed by atoms with E-state index in [1.807, 2.05) is 36.4 Å². The monoisotopic (exact) mass is 343 g/mol. The molecular weight excluding hydrogens is 330 g/mol. The number of benzene rings is 2. The standard InChI is InChI=1S/C19H13N5O2/c25-24(26)15-7-8-16-17(10-15)23-18(22-16)9-6-13-11-20-19(21-12-13)14-4-2-1-3-5-14/h1-12H,(H,22,23). The van der Waals surface area contributed by atoms with E-state index in [0.717, 1.165) is 11.1 Å². The molecular formula is C19H13N5O2. The van der Waals surface area contributed by atoms with Crippen LogP contribution in [0.5, 0.6) is 0 Å². The van der Waals surface area contributed by atoms with Crippen molar-refractivity contribution in [2.75, 3.05) is 0 Å². The highest BCUT2D eigenvalue weighted by Gasteiger charge is 2.08. The van der Waals surface area contributed by atoms with E-state index in [1.54, 1.807) is 24.5 Å². The molecule has 0 aliphatic rings. The lowest BCUT2D eigenvalue weighted by Crippen LogP contribution is -1.88. The molecule has 0 fully saturated rings. The summed E-state index contributed by atoms with van der Waals surface area (Å²) in [5, 5.41) is 10.8. The van der Waals surface area contributed by atoms with E-state index in [-0.39, 0.29) is 5.69 Å². The smallest absolute Gasteiger partial charge is 0.271 e. The van der Waals surface area contributed by atoms with Gasteiger partial charge in [-0.2, -0.15) is 0 Å². The fourth-order valence-corrected chi connectivity index (χ4v) is 2.55. The van der Waals surface area contributed by atoms with Crippen LogP contribution in [0.1, 0.15) is 11.4 Å². The fourth-order valence-electron chi connectivity index (χ4n) is 2.55. The van der Waals surface area contributed by atoms with Crippen LogP contribution in [0.25, 0.3) is 34.6 Å².